The largest absolute Gasteiger partial charge is 0.349 e. The number of Topliss-reactive ketones (excluding diaryl/α,β-unsaturated/α-hetero) is 1. The van der Waals surface area contributed by atoms with E-state index in [0.29, 0.717) is 23.8 Å². The predicted molar refractivity (Wildman–Crippen MR) is 88.3 cm³/mol. The summed E-state index contributed by atoms with van der Waals surface area (Å²) in [6.07, 6.45) is 2.65. The third kappa shape index (κ3) is 3.65. The number of thioether (sulfide) groups is 1. The minimum atomic E-state index is -0.0329. The van der Waals surface area contributed by atoms with Crippen LogP contribution in [-0.4, -0.2) is 28.5 Å². The second kappa shape index (κ2) is 6.48. The van der Waals surface area contributed by atoms with Crippen LogP contribution in [0.3, 0.4) is 0 Å². The Morgan fingerprint density at radius 1 is 1.32 bits per heavy atom. The molecule has 1 heterocycles. The molecule has 1 amide bonds. The quantitative estimate of drug-likeness (QED) is 0.832. The smallest absolute Gasteiger partial charge is 0.252 e. The van der Waals surface area contributed by atoms with Crippen LogP contribution in [0.4, 0.5) is 0 Å². The van der Waals surface area contributed by atoms with E-state index in [2.05, 4.69) is 10.3 Å². The van der Waals surface area contributed by atoms with E-state index in [4.69, 9.17) is 0 Å². The highest BCUT2D eigenvalue weighted by Gasteiger charge is 2.25. The molecule has 5 heteroatoms. The molecule has 0 saturated heterocycles. The van der Waals surface area contributed by atoms with E-state index in [9.17, 15) is 9.59 Å². The fourth-order valence-electron chi connectivity index (χ4n) is 2.20. The molecule has 0 radical (unpaired) electrons. The maximum Gasteiger partial charge on any atom is 0.252 e. The first-order valence-corrected chi connectivity index (χ1v) is 8.45. The van der Waals surface area contributed by atoms with Crippen molar-refractivity contribution in [2.24, 2.45) is 0 Å². The number of carbonyl (C=O) groups excluding carboxylic acids is 2. The number of carbonyl (C=O) groups is 2. The number of pyridine rings is 1. The van der Waals surface area contributed by atoms with Gasteiger partial charge in [-0.15, -0.1) is 11.8 Å². The summed E-state index contributed by atoms with van der Waals surface area (Å²) >= 11 is 1.52. The van der Waals surface area contributed by atoms with Crippen molar-refractivity contribution in [3.05, 3.63) is 35.9 Å². The molecular weight excluding hydrogens is 296 g/mol. The van der Waals surface area contributed by atoms with Crippen LogP contribution < -0.4 is 5.32 Å². The van der Waals surface area contributed by atoms with Gasteiger partial charge < -0.3 is 5.32 Å². The Hall–Kier alpha value is -1.88. The number of para-hydroxylation sites is 1. The second-order valence-electron chi connectivity index (χ2n) is 5.57. The van der Waals surface area contributed by atoms with Gasteiger partial charge in [-0.25, -0.2) is 4.98 Å². The van der Waals surface area contributed by atoms with Gasteiger partial charge in [-0.05, 0) is 31.9 Å². The standard InChI is InChI=1S/C17H18N2O2S/c1-11(20)8-9-22-16-10-14(17(21)18-12-6-7-12)13-4-2-3-5-15(13)19-16/h2-5,10,12H,6-9H2,1H3,(H,18,21). The van der Waals surface area contributed by atoms with Crippen LogP contribution >= 0.6 is 11.8 Å². The minimum Gasteiger partial charge on any atom is -0.349 e. The molecule has 1 saturated carbocycles. The van der Waals surface area contributed by atoms with Crippen molar-refractivity contribution in [2.45, 2.75) is 37.3 Å². The molecule has 114 valence electrons. The fraction of sp³-hybridized carbons (Fsp3) is 0.353. The lowest BCUT2D eigenvalue weighted by Crippen LogP contribution is -2.25. The molecule has 0 unspecified atom stereocenters. The summed E-state index contributed by atoms with van der Waals surface area (Å²) in [5.41, 5.74) is 1.49. The van der Waals surface area contributed by atoms with Crippen molar-refractivity contribution in [1.82, 2.24) is 10.3 Å². The molecule has 4 nitrogen and oxygen atoms in total. The normalized spacial score (nSPS) is 14.0. The average Bonchev–Trinajstić information content (AvgIpc) is 3.30. The predicted octanol–water partition coefficient (Wildman–Crippen LogP) is 3.20. The van der Waals surface area contributed by atoms with Crippen LogP contribution in [0.5, 0.6) is 0 Å². The van der Waals surface area contributed by atoms with Gasteiger partial charge in [0.1, 0.15) is 5.78 Å². The molecule has 0 aliphatic heterocycles. The fourth-order valence-corrected chi connectivity index (χ4v) is 3.17. The van der Waals surface area contributed by atoms with E-state index in [1.54, 1.807) is 6.92 Å². The minimum absolute atomic E-state index is 0.0329. The summed E-state index contributed by atoms with van der Waals surface area (Å²) in [4.78, 5) is 28.1. The highest BCUT2D eigenvalue weighted by Crippen LogP contribution is 2.26. The summed E-state index contributed by atoms with van der Waals surface area (Å²) in [6.45, 7) is 1.59. The van der Waals surface area contributed by atoms with Crippen LogP contribution in [0.2, 0.25) is 0 Å². The molecule has 2 aromatic rings. The van der Waals surface area contributed by atoms with Gasteiger partial charge in [0.25, 0.3) is 5.91 Å². The topological polar surface area (TPSA) is 59.1 Å². The van der Waals surface area contributed by atoms with E-state index in [0.717, 1.165) is 28.8 Å². The Morgan fingerprint density at radius 3 is 2.82 bits per heavy atom. The summed E-state index contributed by atoms with van der Waals surface area (Å²) in [5.74, 6) is 0.819. The van der Waals surface area contributed by atoms with E-state index in [-0.39, 0.29) is 11.7 Å². The molecule has 1 fully saturated rings. The highest BCUT2D eigenvalue weighted by molar-refractivity contribution is 7.99. The maximum absolute atomic E-state index is 12.4. The highest BCUT2D eigenvalue weighted by atomic mass is 32.2. The summed E-state index contributed by atoms with van der Waals surface area (Å²) in [7, 11) is 0. The van der Waals surface area contributed by atoms with Crippen molar-refractivity contribution in [2.75, 3.05) is 5.75 Å². The lowest BCUT2D eigenvalue weighted by atomic mass is 10.1. The Labute approximate surface area is 133 Å². The van der Waals surface area contributed by atoms with E-state index < -0.39 is 0 Å². The first kappa shape index (κ1) is 15.0. The lowest BCUT2D eigenvalue weighted by molar-refractivity contribution is -0.116. The van der Waals surface area contributed by atoms with Crippen molar-refractivity contribution in [3.63, 3.8) is 0 Å². The van der Waals surface area contributed by atoms with Crippen molar-refractivity contribution < 1.29 is 9.59 Å². The third-order valence-corrected chi connectivity index (χ3v) is 4.47. The van der Waals surface area contributed by atoms with Crippen LogP contribution in [0.25, 0.3) is 10.9 Å². The third-order valence-electron chi connectivity index (χ3n) is 3.55. The molecule has 1 aliphatic carbocycles. The summed E-state index contributed by atoms with van der Waals surface area (Å²) in [6, 6.07) is 9.84. The number of nitrogens with one attached hydrogen (secondary N) is 1. The van der Waals surface area contributed by atoms with Crippen molar-refractivity contribution in [3.8, 4) is 0 Å². The van der Waals surface area contributed by atoms with Gasteiger partial charge in [0.2, 0.25) is 0 Å². The molecule has 0 bridgehead atoms. The number of nitrogens with zero attached hydrogens (tertiary/aromatic N) is 1. The molecule has 3 rings (SSSR count). The van der Waals surface area contributed by atoms with Crippen LogP contribution in [0.1, 0.15) is 36.5 Å². The number of fused-ring (bicyclic) bond motifs is 1. The lowest BCUT2D eigenvalue weighted by Gasteiger charge is -2.09. The molecule has 1 N–H and O–H groups in total. The Kier molecular flexibility index (Phi) is 4.43. The Bertz CT molecular complexity index is 726. The molecule has 0 spiro atoms. The number of aromatic nitrogens is 1. The van der Waals surface area contributed by atoms with Crippen molar-refractivity contribution in [1.29, 1.82) is 0 Å². The summed E-state index contributed by atoms with van der Waals surface area (Å²) < 4.78 is 0. The van der Waals surface area contributed by atoms with Crippen LogP contribution in [0, 0.1) is 0 Å². The zero-order valence-corrected chi connectivity index (χ0v) is 13.3. The van der Waals surface area contributed by atoms with Gasteiger partial charge in [-0.2, -0.15) is 0 Å². The monoisotopic (exact) mass is 314 g/mol. The molecular formula is C17H18N2O2S. The number of ketones is 1. The Balaban J connectivity index is 1.89. The van der Waals surface area contributed by atoms with Gasteiger partial charge in [-0.3, -0.25) is 9.59 Å². The SMILES string of the molecule is CC(=O)CCSc1cc(C(=O)NC2CC2)c2ccccc2n1. The average molecular weight is 314 g/mol. The molecule has 1 aromatic heterocycles. The molecule has 22 heavy (non-hydrogen) atoms. The van der Waals surface area contributed by atoms with Gasteiger partial charge >= 0.3 is 0 Å². The van der Waals surface area contributed by atoms with E-state index in [1.807, 2.05) is 30.3 Å². The maximum atomic E-state index is 12.4. The molecule has 1 aliphatic rings. The van der Waals surface area contributed by atoms with E-state index >= 15 is 0 Å². The first-order chi connectivity index (χ1) is 10.6. The van der Waals surface area contributed by atoms with Gasteiger partial charge in [-0.1, -0.05) is 18.2 Å². The van der Waals surface area contributed by atoms with Gasteiger partial charge in [0.05, 0.1) is 16.1 Å². The number of benzene rings is 1. The number of rotatable bonds is 6. The molecule has 0 atom stereocenters. The first-order valence-electron chi connectivity index (χ1n) is 7.46. The van der Waals surface area contributed by atoms with Crippen LogP contribution in [0.15, 0.2) is 35.4 Å². The Morgan fingerprint density at radius 2 is 2.09 bits per heavy atom. The van der Waals surface area contributed by atoms with Gasteiger partial charge in [0.15, 0.2) is 0 Å². The summed E-state index contributed by atoms with van der Waals surface area (Å²) in [5, 5.41) is 4.70. The molecule has 1 aromatic carbocycles. The number of hydrogen-bond donors (Lipinski definition) is 1. The van der Waals surface area contributed by atoms with E-state index in [1.165, 1.54) is 11.8 Å². The second-order valence-corrected chi connectivity index (χ2v) is 6.69. The number of amides is 1. The zero-order chi connectivity index (χ0) is 15.5. The number of hydrogen-bond acceptors (Lipinski definition) is 4. The van der Waals surface area contributed by atoms with Crippen molar-refractivity contribution >= 4 is 34.4 Å². The van der Waals surface area contributed by atoms with Gasteiger partial charge in [0, 0.05) is 23.6 Å². The van der Waals surface area contributed by atoms with Crippen LogP contribution in [-0.2, 0) is 4.79 Å². The zero-order valence-electron chi connectivity index (χ0n) is 12.5.